The highest BCUT2D eigenvalue weighted by Gasteiger charge is 2.31. The molecule has 1 atom stereocenters. The molecule has 0 amide bonds. The average Bonchev–Trinajstić information content (AvgIpc) is 2.82. The van der Waals surface area contributed by atoms with Gasteiger partial charge in [-0.2, -0.15) is 4.31 Å². The highest BCUT2D eigenvalue weighted by atomic mass is 32.2. The first kappa shape index (κ1) is 16.5. The fourth-order valence-electron chi connectivity index (χ4n) is 2.84. The van der Waals surface area contributed by atoms with Gasteiger partial charge in [-0.1, -0.05) is 0 Å². The van der Waals surface area contributed by atoms with Crippen LogP contribution in [0.25, 0.3) is 0 Å². The summed E-state index contributed by atoms with van der Waals surface area (Å²) in [7, 11) is 1.98. The van der Waals surface area contributed by atoms with Gasteiger partial charge >= 0.3 is 0 Å². The summed E-state index contributed by atoms with van der Waals surface area (Å²) in [6.45, 7) is 2.41. The molecule has 1 unspecified atom stereocenters. The minimum absolute atomic E-state index is 0.291. The first-order valence-corrected chi connectivity index (χ1v) is 8.72. The van der Waals surface area contributed by atoms with E-state index < -0.39 is 10.0 Å². The number of nitrogens with zero attached hydrogens (tertiary/aromatic N) is 2. The van der Waals surface area contributed by atoms with E-state index in [2.05, 4.69) is 5.32 Å². The highest BCUT2D eigenvalue weighted by molar-refractivity contribution is 7.89. The van der Waals surface area contributed by atoms with E-state index in [1.165, 1.54) is 0 Å². The van der Waals surface area contributed by atoms with Gasteiger partial charge in [-0.05, 0) is 31.9 Å². The lowest BCUT2D eigenvalue weighted by Crippen LogP contribution is -2.41. The molecule has 2 rings (SSSR count). The first-order chi connectivity index (χ1) is 9.98. The smallest absolute Gasteiger partial charge is 0.244 e. The van der Waals surface area contributed by atoms with Crippen LogP contribution in [0, 0.1) is 5.92 Å². The Morgan fingerprint density at radius 3 is 2.90 bits per heavy atom. The van der Waals surface area contributed by atoms with Gasteiger partial charge in [0.05, 0.1) is 6.61 Å². The number of piperidine rings is 1. The minimum Gasteiger partial charge on any atom is -0.384 e. The molecule has 1 aromatic heterocycles. The van der Waals surface area contributed by atoms with Gasteiger partial charge in [0.2, 0.25) is 10.0 Å². The molecule has 1 aliphatic rings. The molecule has 0 bridgehead atoms. The fourth-order valence-corrected chi connectivity index (χ4v) is 4.49. The van der Waals surface area contributed by atoms with E-state index in [1.807, 2.05) is 18.7 Å². The van der Waals surface area contributed by atoms with E-state index in [1.54, 1.807) is 23.7 Å². The number of hydrogen-bond donors (Lipinski definition) is 1. The van der Waals surface area contributed by atoms with Crippen molar-refractivity contribution in [3.8, 4) is 0 Å². The summed E-state index contributed by atoms with van der Waals surface area (Å²) < 4.78 is 34.1. The number of ether oxygens (including phenoxy) is 1. The lowest BCUT2D eigenvalue weighted by molar-refractivity contribution is 0.118. The maximum atomic E-state index is 12.8. The van der Waals surface area contributed by atoms with Crippen LogP contribution in [-0.2, 0) is 28.4 Å². The highest BCUT2D eigenvalue weighted by Crippen LogP contribution is 2.25. The standard InChI is InChI=1S/C14H25N3O3S/c1-15-8-13-7-14(10-16(13)2)21(18,19)17-6-4-5-12(9-17)11-20-3/h7,10,12,15H,4-6,8-9,11H2,1-3H3. The number of aromatic nitrogens is 1. The zero-order chi connectivity index (χ0) is 15.5. The molecule has 0 spiro atoms. The van der Waals surface area contributed by atoms with Gasteiger partial charge in [0.15, 0.2) is 0 Å². The van der Waals surface area contributed by atoms with Crippen molar-refractivity contribution in [3.05, 3.63) is 18.0 Å². The van der Waals surface area contributed by atoms with Gasteiger partial charge in [-0.25, -0.2) is 8.42 Å². The second-order valence-electron chi connectivity index (χ2n) is 5.64. The number of hydrogen-bond acceptors (Lipinski definition) is 4. The second-order valence-corrected chi connectivity index (χ2v) is 7.57. The van der Waals surface area contributed by atoms with Crippen molar-refractivity contribution < 1.29 is 13.2 Å². The van der Waals surface area contributed by atoms with Crippen molar-refractivity contribution in [1.82, 2.24) is 14.2 Å². The van der Waals surface area contributed by atoms with Crippen molar-refractivity contribution in [1.29, 1.82) is 0 Å². The van der Waals surface area contributed by atoms with Crippen LogP contribution < -0.4 is 5.32 Å². The zero-order valence-corrected chi connectivity index (χ0v) is 13.8. The Balaban J connectivity index is 2.19. The van der Waals surface area contributed by atoms with Crippen LogP contribution in [0.15, 0.2) is 17.2 Å². The molecule has 0 saturated carbocycles. The molecular weight excluding hydrogens is 290 g/mol. The van der Waals surface area contributed by atoms with Crippen molar-refractivity contribution >= 4 is 10.0 Å². The molecule has 2 heterocycles. The maximum Gasteiger partial charge on any atom is 0.244 e. The lowest BCUT2D eigenvalue weighted by atomic mass is 10.0. The van der Waals surface area contributed by atoms with Crippen LogP contribution in [0.3, 0.4) is 0 Å². The molecule has 1 aliphatic heterocycles. The van der Waals surface area contributed by atoms with Gasteiger partial charge in [0.1, 0.15) is 4.90 Å². The molecule has 21 heavy (non-hydrogen) atoms. The SMILES string of the molecule is CNCc1cc(S(=O)(=O)N2CCCC(COC)C2)cn1C. The van der Waals surface area contributed by atoms with Gasteiger partial charge in [-0.3, -0.25) is 0 Å². The van der Waals surface area contributed by atoms with E-state index in [-0.39, 0.29) is 0 Å². The van der Waals surface area contributed by atoms with E-state index in [4.69, 9.17) is 4.74 Å². The van der Waals surface area contributed by atoms with Gasteiger partial charge in [-0.15, -0.1) is 0 Å². The summed E-state index contributed by atoms with van der Waals surface area (Å²) in [5, 5.41) is 3.05. The van der Waals surface area contributed by atoms with Gasteiger partial charge in [0.25, 0.3) is 0 Å². The van der Waals surface area contributed by atoms with Crippen molar-refractivity contribution in [2.24, 2.45) is 13.0 Å². The van der Waals surface area contributed by atoms with Crippen LogP contribution >= 0.6 is 0 Å². The second kappa shape index (κ2) is 6.91. The molecule has 0 radical (unpaired) electrons. The Morgan fingerprint density at radius 1 is 1.48 bits per heavy atom. The Morgan fingerprint density at radius 2 is 2.24 bits per heavy atom. The summed E-state index contributed by atoms with van der Waals surface area (Å²) in [4.78, 5) is 0.383. The monoisotopic (exact) mass is 315 g/mol. The predicted molar refractivity (Wildman–Crippen MR) is 81.5 cm³/mol. The van der Waals surface area contributed by atoms with E-state index in [0.717, 1.165) is 18.5 Å². The normalized spacial score (nSPS) is 20.8. The van der Waals surface area contributed by atoms with Crippen LogP contribution in [0.1, 0.15) is 18.5 Å². The Bertz CT molecular complexity index is 566. The largest absolute Gasteiger partial charge is 0.384 e. The van der Waals surface area contributed by atoms with Crippen LogP contribution in [-0.4, -0.2) is 51.1 Å². The summed E-state index contributed by atoms with van der Waals surface area (Å²) in [5.74, 6) is 0.291. The molecule has 0 aliphatic carbocycles. The first-order valence-electron chi connectivity index (χ1n) is 7.28. The Hall–Kier alpha value is -0.890. The van der Waals surface area contributed by atoms with Crippen molar-refractivity contribution in [2.45, 2.75) is 24.3 Å². The molecule has 120 valence electrons. The summed E-state index contributed by atoms with van der Waals surface area (Å²) in [6, 6.07) is 1.76. The molecule has 1 saturated heterocycles. The molecule has 1 N–H and O–H groups in total. The van der Waals surface area contributed by atoms with Crippen LogP contribution in [0.2, 0.25) is 0 Å². The van der Waals surface area contributed by atoms with Crippen LogP contribution in [0.5, 0.6) is 0 Å². The lowest BCUT2D eigenvalue weighted by Gasteiger charge is -2.31. The van der Waals surface area contributed by atoms with E-state index in [0.29, 0.717) is 37.1 Å². The third kappa shape index (κ3) is 3.66. The summed E-state index contributed by atoms with van der Waals surface area (Å²) in [6.07, 6.45) is 3.62. The topological polar surface area (TPSA) is 63.6 Å². The molecule has 1 aromatic rings. The number of sulfonamides is 1. The summed E-state index contributed by atoms with van der Waals surface area (Å²) >= 11 is 0. The van der Waals surface area contributed by atoms with Crippen LogP contribution in [0.4, 0.5) is 0 Å². The third-order valence-corrected chi connectivity index (χ3v) is 5.79. The Labute approximate surface area is 127 Å². The number of methoxy groups -OCH3 is 1. The molecule has 7 heteroatoms. The quantitative estimate of drug-likeness (QED) is 0.843. The minimum atomic E-state index is -3.40. The molecule has 0 aromatic carbocycles. The molecule has 1 fully saturated rings. The number of nitrogens with one attached hydrogen (secondary N) is 1. The molecule has 6 nitrogen and oxygen atoms in total. The predicted octanol–water partition coefficient (Wildman–Crippen LogP) is 0.792. The zero-order valence-electron chi connectivity index (χ0n) is 13.0. The van der Waals surface area contributed by atoms with Gasteiger partial charge in [0, 0.05) is 45.7 Å². The average molecular weight is 315 g/mol. The van der Waals surface area contributed by atoms with Gasteiger partial charge < -0.3 is 14.6 Å². The molecular formula is C14H25N3O3S. The van der Waals surface area contributed by atoms with Crippen molar-refractivity contribution in [2.75, 3.05) is 33.9 Å². The summed E-state index contributed by atoms with van der Waals surface area (Å²) in [5.41, 5.74) is 0.960. The van der Waals surface area contributed by atoms with Crippen molar-refractivity contribution in [3.63, 3.8) is 0 Å². The maximum absolute atomic E-state index is 12.8. The van der Waals surface area contributed by atoms with E-state index >= 15 is 0 Å². The number of aryl methyl sites for hydroxylation is 1. The number of rotatable bonds is 6. The Kier molecular flexibility index (Phi) is 5.43. The fraction of sp³-hybridized carbons (Fsp3) is 0.714. The third-order valence-electron chi connectivity index (χ3n) is 3.96. The van der Waals surface area contributed by atoms with E-state index in [9.17, 15) is 8.42 Å².